The van der Waals surface area contributed by atoms with Gasteiger partial charge in [-0.25, -0.2) is 4.39 Å². The number of ether oxygens (including phenoxy) is 1. The molecule has 90 valence electrons. The maximum absolute atomic E-state index is 13.9. The van der Waals surface area contributed by atoms with Crippen LogP contribution in [0.2, 0.25) is 0 Å². The smallest absolute Gasteiger partial charge is 0.134 e. The number of hydrogen-bond acceptors (Lipinski definition) is 3. The molecule has 0 saturated heterocycles. The number of anilines is 1. The average molecular weight is 235 g/mol. The first kappa shape index (κ1) is 11.4. The second-order valence-electron chi connectivity index (χ2n) is 3.87. The number of nitrogen functional groups attached to an aromatic ring is 1. The summed E-state index contributed by atoms with van der Waals surface area (Å²) in [7, 11) is 3.23. The largest absolute Gasteiger partial charge is 0.496 e. The van der Waals surface area contributed by atoms with Gasteiger partial charge in [0, 0.05) is 24.2 Å². The lowest BCUT2D eigenvalue weighted by atomic mass is 10.0. The number of benzene rings is 1. The highest BCUT2D eigenvalue weighted by Gasteiger charge is 2.14. The van der Waals surface area contributed by atoms with E-state index in [-0.39, 0.29) is 5.82 Å². The molecule has 17 heavy (non-hydrogen) atoms. The van der Waals surface area contributed by atoms with Gasteiger partial charge >= 0.3 is 0 Å². The van der Waals surface area contributed by atoms with Gasteiger partial charge in [-0.15, -0.1) is 0 Å². The number of halogens is 1. The fourth-order valence-corrected chi connectivity index (χ4v) is 1.74. The quantitative estimate of drug-likeness (QED) is 0.867. The molecular formula is C12H14FN3O. The zero-order chi connectivity index (χ0) is 12.6. The minimum atomic E-state index is -0.368. The summed E-state index contributed by atoms with van der Waals surface area (Å²) in [6, 6.07) is 3.07. The van der Waals surface area contributed by atoms with Gasteiger partial charge in [0.2, 0.25) is 0 Å². The van der Waals surface area contributed by atoms with E-state index in [4.69, 9.17) is 10.5 Å². The molecule has 1 aromatic heterocycles. The van der Waals surface area contributed by atoms with Crippen LogP contribution >= 0.6 is 0 Å². The normalized spacial score (nSPS) is 10.6. The second-order valence-corrected chi connectivity index (χ2v) is 3.87. The van der Waals surface area contributed by atoms with Crippen molar-refractivity contribution in [1.29, 1.82) is 0 Å². The molecule has 1 heterocycles. The van der Waals surface area contributed by atoms with E-state index >= 15 is 0 Å². The Balaban J connectivity index is 2.60. The van der Waals surface area contributed by atoms with Crippen molar-refractivity contribution in [3.05, 3.63) is 29.7 Å². The van der Waals surface area contributed by atoms with Crippen molar-refractivity contribution in [3.8, 4) is 16.9 Å². The molecule has 0 fully saturated rings. The summed E-state index contributed by atoms with van der Waals surface area (Å²) in [4.78, 5) is 0. The van der Waals surface area contributed by atoms with Gasteiger partial charge in [-0.05, 0) is 18.6 Å². The Morgan fingerprint density at radius 2 is 2.06 bits per heavy atom. The van der Waals surface area contributed by atoms with Crippen LogP contribution in [0, 0.1) is 12.7 Å². The predicted molar refractivity (Wildman–Crippen MR) is 64.3 cm³/mol. The fourth-order valence-electron chi connectivity index (χ4n) is 1.74. The molecule has 2 aromatic rings. The molecular weight excluding hydrogens is 221 g/mol. The summed E-state index contributed by atoms with van der Waals surface area (Å²) in [5.41, 5.74) is 7.71. The molecule has 2 rings (SSSR count). The lowest BCUT2D eigenvalue weighted by Crippen LogP contribution is -1.99. The Morgan fingerprint density at radius 1 is 1.35 bits per heavy atom. The van der Waals surface area contributed by atoms with Gasteiger partial charge in [0.15, 0.2) is 0 Å². The zero-order valence-corrected chi connectivity index (χ0v) is 9.99. The van der Waals surface area contributed by atoms with E-state index in [1.165, 1.54) is 17.9 Å². The number of rotatable bonds is 2. The Hall–Kier alpha value is -2.04. The molecule has 0 aliphatic heterocycles. The second kappa shape index (κ2) is 4.08. The van der Waals surface area contributed by atoms with Crippen molar-refractivity contribution in [2.75, 3.05) is 12.8 Å². The van der Waals surface area contributed by atoms with E-state index in [0.29, 0.717) is 22.7 Å². The highest BCUT2D eigenvalue weighted by molar-refractivity contribution is 5.75. The molecule has 0 radical (unpaired) electrons. The van der Waals surface area contributed by atoms with Gasteiger partial charge in [0.25, 0.3) is 0 Å². The molecule has 0 spiro atoms. The van der Waals surface area contributed by atoms with Crippen LogP contribution in [0.25, 0.3) is 11.1 Å². The number of nitrogens with two attached hydrogens (primary N) is 1. The Kier molecular flexibility index (Phi) is 2.75. The Morgan fingerprint density at radius 3 is 2.59 bits per heavy atom. The van der Waals surface area contributed by atoms with Crippen molar-refractivity contribution in [1.82, 2.24) is 9.78 Å². The first-order chi connectivity index (χ1) is 8.04. The Bertz CT molecular complexity index is 563. The minimum Gasteiger partial charge on any atom is -0.496 e. The van der Waals surface area contributed by atoms with Crippen molar-refractivity contribution in [2.45, 2.75) is 6.92 Å². The summed E-state index contributed by atoms with van der Waals surface area (Å²) in [5, 5.41) is 4.00. The summed E-state index contributed by atoms with van der Waals surface area (Å²) in [6.07, 6.45) is 1.56. The third-order valence-corrected chi connectivity index (χ3v) is 2.76. The predicted octanol–water partition coefficient (Wildman–Crippen LogP) is 2.13. The topological polar surface area (TPSA) is 53.1 Å². The monoisotopic (exact) mass is 235 g/mol. The van der Waals surface area contributed by atoms with E-state index in [1.807, 2.05) is 6.92 Å². The van der Waals surface area contributed by atoms with E-state index in [0.717, 1.165) is 5.56 Å². The van der Waals surface area contributed by atoms with Crippen molar-refractivity contribution in [3.63, 3.8) is 0 Å². The van der Waals surface area contributed by atoms with E-state index in [2.05, 4.69) is 5.10 Å². The molecule has 0 aliphatic rings. The van der Waals surface area contributed by atoms with Crippen LogP contribution in [-0.4, -0.2) is 16.9 Å². The lowest BCUT2D eigenvalue weighted by molar-refractivity contribution is 0.408. The average Bonchev–Trinajstić information content (AvgIpc) is 2.63. The van der Waals surface area contributed by atoms with Crippen LogP contribution in [0.5, 0.6) is 5.75 Å². The highest BCUT2D eigenvalue weighted by Crippen LogP contribution is 2.32. The van der Waals surface area contributed by atoms with Crippen LogP contribution in [0.4, 0.5) is 10.2 Å². The molecule has 0 saturated carbocycles. The van der Waals surface area contributed by atoms with Gasteiger partial charge < -0.3 is 10.5 Å². The lowest BCUT2D eigenvalue weighted by Gasteiger charge is -2.08. The van der Waals surface area contributed by atoms with Crippen LogP contribution in [0.3, 0.4) is 0 Å². The van der Waals surface area contributed by atoms with Gasteiger partial charge in [0.05, 0.1) is 13.3 Å². The van der Waals surface area contributed by atoms with E-state index in [9.17, 15) is 4.39 Å². The molecule has 0 unspecified atom stereocenters. The number of aryl methyl sites for hydroxylation is 2. The first-order valence-corrected chi connectivity index (χ1v) is 5.16. The van der Waals surface area contributed by atoms with Crippen LogP contribution < -0.4 is 10.5 Å². The summed E-state index contributed by atoms with van der Waals surface area (Å²) in [6.45, 7) is 1.86. The van der Waals surface area contributed by atoms with Crippen molar-refractivity contribution in [2.24, 2.45) is 7.05 Å². The maximum atomic E-state index is 13.9. The molecule has 1 aromatic carbocycles. The maximum Gasteiger partial charge on any atom is 0.134 e. The van der Waals surface area contributed by atoms with E-state index in [1.54, 1.807) is 19.3 Å². The number of methoxy groups -OCH3 is 1. The van der Waals surface area contributed by atoms with Crippen LogP contribution in [0.1, 0.15) is 5.56 Å². The molecule has 0 bridgehead atoms. The molecule has 2 N–H and O–H groups in total. The third-order valence-electron chi connectivity index (χ3n) is 2.76. The zero-order valence-electron chi connectivity index (χ0n) is 9.99. The van der Waals surface area contributed by atoms with Crippen LogP contribution in [0.15, 0.2) is 18.3 Å². The number of nitrogens with zero attached hydrogens (tertiary/aromatic N) is 2. The fraction of sp³-hybridized carbons (Fsp3) is 0.250. The highest BCUT2D eigenvalue weighted by atomic mass is 19.1. The van der Waals surface area contributed by atoms with Crippen molar-refractivity contribution >= 4 is 5.82 Å². The molecule has 0 aliphatic carbocycles. The first-order valence-electron chi connectivity index (χ1n) is 5.16. The summed E-state index contributed by atoms with van der Waals surface area (Å²) < 4.78 is 20.5. The van der Waals surface area contributed by atoms with E-state index < -0.39 is 0 Å². The summed E-state index contributed by atoms with van der Waals surface area (Å²) in [5.74, 6) is 0.592. The van der Waals surface area contributed by atoms with Crippen molar-refractivity contribution < 1.29 is 9.13 Å². The van der Waals surface area contributed by atoms with Gasteiger partial charge in [-0.3, -0.25) is 4.68 Å². The third kappa shape index (κ3) is 1.84. The Labute approximate surface area is 98.8 Å². The molecule has 0 atom stereocenters. The molecule has 4 nitrogen and oxygen atoms in total. The van der Waals surface area contributed by atoms with Gasteiger partial charge in [0.1, 0.15) is 17.4 Å². The van der Waals surface area contributed by atoms with Crippen LogP contribution in [-0.2, 0) is 7.05 Å². The minimum absolute atomic E-state index is 0.368. The van der Waals surface area contributed by atoms with Gasteiger partial charge in [-0.1, -0.05) is 0 Å². The number of aromatic nitrogens is 2. The SMILES string of the molecule is COc1cc(F)c(-c2cnn(C)c2N)cc1C. The number of hydrogen-bond donors (Lipinski definition) is 1. The molecule has 0 amide bonds. The standard InChI is InChI=1S/C12H14FN3O/c1-7-4-8(10(13)5-11(7)17-3)9-6-15-16(2)12(9)14/h4-6H,14H2,1-3H3. The molecule has 5 heteroatoms. The van der Waals surface area contributed by atoms with Gasteiger partial charge in [-0.2, -0.15) is 5.10 Å². The summed E-state index contributed by atoms with van der Waals surface area (Å²) >= 11 is 0.